The molecule has 2 heterocycles. The summed E-state index contributed by atoms with van der Waals surface area (Å²) in [5, 5.41) is 0. The van der Waals surface area contributed by atoms with Gasteiger partial charge in [-0.25, -0.2) is 0 Å². The third-order valence-electron chi connectivity index (χ3n) is 4.51. The van der Waals surface area contributed by atoms with Gasteiger partial charge in [-0.1, -0.05) is 6.07 Å². The molecule has 0 amide bonds. The number of anilines is 2. The van der Waals surface area contributed by atoms with E-state index < -0.39 is 0 Å². The zero-order chi connectivity index (χ0) is 18.0. The molecule has 5 heteroatoms. The van der Waals surface area contributed by atoms with Crippen LogP contribution in [0.4, 0.5) is 11.4 Å². The molecule has 0 saturated heterocycles. The molecule has 0 aliphatic carbocycles. The highest BCUT2D eigenvalue weighted by Gasteiger charge is 2.17. The van der Waals surface area contributed by atoms with Crippen LogP contribution in [0, 0.1) is 17.4 Å². The minimum atomic E-state index is 0.782. The summed E-state index contributed by atoms with van der Waals surface area (Å²) in [6.45, 7) is 5.76. The Bertz CT molecular complexity index is 790. The maximum Gasteiger partial charge on any atom is 0.146 e. The van der Waals surface area contributed by atoms with E-state index in [4.69, 9.17) is 20.9 Å². The first kappa shape index (κ1) is 18.2. The maximum absolute atomic E-state index is 5.88. The fraction of sp³-hybridized carbons (Fsp3) is 0.400. The van der Waals surface area contributed by atoms with Crippen molar-refractivity contribution in [1.82, 2.24) is 0 Å². The average Bonchev–Trinajstić information content (AvgIpc) is 2.60. The van der Waals surface area contributed by atoms with Gasteiger partial charge < -0.3 is 20.9 Å². The summed E-state index contributed by atoms with van der Waals surface area (Å²) in [5.41, 5.74) is 18.3. The molecule has 2 aliphatic heterocycles. The molecule has 2 aromatic carbocycles. The van der Waals surface area contributed by atoms with Gasteiger partial charge in [-0.3, -0.25) is 0 Å². The Morgan fingerprint density at radius 1 is 0.880 bits per heavy atom. The summed E-state index contributed by atoms with van der Waals surface area (Å²) in [5.74, 6) is 1.83. The minimum absolute atomic E-state index is 0.782. The van der Waals surface area contributed by atoms with Gasteiger partial charge in [0.05, 0.1) is 24.6 Å². The van der Waals surface area contributed by atoms with E-state index in [9.17, 15) is 0 Å². The lowest BCUT2D eigenvalue weighted by molar-refractivity contribution is 0.289. The topological polar surface area (TPSA) is 70.5 Å². The summed E-state index contributed by atoms with van der Waals surface area (Å²) >= 11 is 2.37. The second kappa shape index (κ2) is 7.72. The third kappa shape index (κ3) is 3.97. The predicted octanol–water partition coefficient (Wildman–Crippen LogP) is 4.41. The number of nitrogen functional groups attached to an aromatic ring is 2. The van der Waals surface area contributed by atoms with Crippen LogP contribution in [-0.2, 0) is 12.8 Å². The minimum Gasteiger partial charge on any atom is -0.491 e. The van der Waals surface area contributed by atoms with Crippen LogP contribution in [0.5, 0.6) is 11.5 Å². The van der Waals surface area contributed by atoms with Crippen LogP contribution in [0.15, 0.2) is 18.2 Å². The van der Waals surface area contributed by atoms with Crippen molar-refractivity contribution in [2.75, 3.05) is 24.7 Å². The van der Waals surface area contributed by atoms with Crippen molar-refractivity contribution in [3.05, 3.63) is 44.0 Å². The van der Waals surface area contributed by atoms with Crippen LogP contribution < -0.4 is 20.9 Å². The molecule has 25 heavy (non-hydrogen) atoms. The van der Waals surface area contributed by atoms with Crippen molar-refractivity contribution in [2.24, 2.45) is 0 Å². The zero-order valence-corrected chi connectivity index (χ0v) is 17.0. The van der Waals surface area contributed by atoms with Gasteiger partial charge in [0.2, 0.25) is 0 Å². The standard InChI is InChI=1S/C10H12INO.C10H13NO/c1-6-5-8(12)10-7(9(6)11)3-2-4-13-10;1-7-5-8-3-2-4-12-10(8)9(11)6-7/h5H,2-4,12H2,1H3;5-6H,2-4,11H2,1H3. The number of nitrogens with two attached hydrogens (primary N) is 2. The summed E-state index contributed by atoms with van der Waals surface area (Å²) < 4.78 is 12.4. The van der Waals surface area contributed by atoms with Crippen molar-refractivity contribution in [3.8, 4) is 11.5 Å². The van der Waals surface area contributed by atoms with E-state index in [1.807, 2.05) is 12.1 Å². The van der Waals surface area contributed by atoms with E-state index in [0.29, 0.717) is 0 Å². The Morgan fingerprint density at radius 2 is 1.52 bits per heavy atom. The first-order valence-electron chi connectivity index (χ1n) is 8.69. The van der Waals surface area contributed by atoms with Gasteiger partial charge in [0.1, 0.15) is 11.5 Å². The highest BCUT2D eigenvalue weighted by Crippen LogP contribution is 2.36. The van der Waals surface area contributed by atoms with Gasteiger partial charge >= 0.3 is 0 Å². The molecule has 0 bridgehead atoms. The molecule has 0 saturated carbocycles. The molecule has 4 rings (SSSR count). The Hall–Kier alpha value is -1.63. The number of halogens is 1. The van der Waals surface area contributed by atoms with Crippen molar-refractivity contribution >= 4 is 34.0 Å². The van der Waals surface area contributed by atoms with E-state index in [1.165, 1.54) is 25.8 Å². The molecular weight excluding hydrogens is 427 g/mol. The van der Waals surface area contributed by atoms with Crippen molar-refractivity contribution in [1.29, 1.82) is 0 Å². The third-order valence-corrected chi connectivity index (χ3v) is 6.01. The normalized spacial score (nSPS) is 15.0. The smallest absolute Gasteiger partial charge is 0.146 e. The molecule has 4 nitrogen and oxygen atoms in total. The van der Waals surface area contributed by atoms with Gasteiger partial charge in [0.15, 0.2) is 0 Å². The first-order chi connectivity index (χ1) is 12.0. The summed E-state index contributed by atoms with van der Waals surface area (Å²) in [4.78, 5) is 0. The van der Waals surface area contributed by atoms with E-state index in [2.05, 4.69) is 42.5 Å². The zero-order valence-electron chi connectivity index (χ0n) is 14.8. The van der Waals surface area contributed by atoms with Crippen LogP contribution in [0.2, 0.25) is 0 Å². The summed E-state index contributed by atoms with van der Waals surface area (Å²) in [6.07, 6.45) is 4.41. The van der Waals surface area contributed by atoms with Gasteiger partial charge in [-0.05, 0) is 90.9 Å². The largest absolute Gasteiger partial charge is 0.491 e. The van der Waals surface area contributed by atoms with Crippen molar-refractivity contribution in [2.45, 2.75) is 39.5 Å². The lowest BCUT2D eigenvalue weighted by Gasteiger charge is -2.21. The monoisotopic (exact) mass is 452 g/mol. The lowest BCUT2D eigenvalue weighted by Crippen LogP contribution is -2.12. The van der Waals surface area contributed by atoms with E-state index in [0.717, 1.165) is 61.8 Å². The predicted molar refractivity (Wildman–Crippen MR) is 112 cm³/mol. The second-order valence-electron chi connectivity index (χ2n) is 6.65. The number of hydrogen-bond donors (Lipinski definition) is 2. The van der Waals surface area contributed by atoms with Crippen LogP contribution in [-0.4, -0.2) is 13.2 Å². The molecule has 0 fully saturated rings. The number of rotatable bonds is 0. The molecule has 0 aromatic heterocycles. The molecule has 0 radical (unpaired) electrons. The van der Waals surface area contributed by atoms with Crippen LogP contribution in [0.25, 0.3) is 0 Å². The Morgan fingerprint density at radius 3 is 2.28 bits per heavy atom. The first-order valence-corrected chi connectivity index (χ1v) is 9.77. The Kier molecular flexibility index (Phi) is 5.61. The van der Waals surface area contributed by atoms with Gasteiger partial charge in [-0.2, -0.15) is 0 Å². The molecule has 0 unspecified atom stereocenters. The van der Waals surface area contributed by atoms with E-state index in [-0.39, 0.29) is 0 Å². The second-order valence-corrected chi connectivity index (χ2v) is 7.73. The van der Waals surface area contributed by atoms with Crippen molar-refractivity contribution in [3.63, 3.8) is 0 Å². The number of aryl methyl sites for hydroxylation is 3. The van der Waals surface area contributed by atoms with Crippen molar-refractivity contribution < 1.29 is 9.47 Å². The fourth-order valence-electron chi connectivity index (χ4n) is 3.37. The van der Waals surface area contributed by atoms with Crippen LogP contribution in [0.1, 0.15) is 35.1 Å². The molecule has 134 valence electrons. The molecule has 2 aliphatic rings. The number of ether oxygens (including phenoxy) is 2. The van der Waals surface area contributed by atoms with Crippen LogP contribution in [0.3, 0.4) is 0 Å². The highest BCUT2D eigenvalue weighted by molar-refractivity contribution is 14.1. The van der Waals surface area contributed by atoms with Gasteiger partial charge in [-0.15, -0.1) is 0 Å². The van der Waals surface area contributed by atoms with Crippen LogP contribution >= 0.6 is 22.6 Å². The molecule has 0 atom stereocenters. The fourth-order valence-corrected chi connectivity index (χ4v) is 4.04. The van der Waals surface area contributed by atoms with E-state index in [1.54, 1.807) is 0 Å². The van der Waals surface area contributed by atoms with Gasteiger partial charge in [0, 0.05) is 9.13 Å². The lowest BCUT2D eigenvalue weighted by atomic mass is 10.0. The maximum atomic E-state index is 5.88. The molecule has 2 aromatic rings. The number of hydrogen-bond acceptors (Lipinski definition) is 4. The number of benzene rings is 2. The highest BCUT2D eigenvalue weighted by atomic mass is 127. The molecule has 0 spiro atoms. The average molecular weight is 452 g/mol. The molecule has 4 N–H and O–H groups in total. The Balaban J connectivity index is 0.000000146. The SMILES string of the molecule is Cc1cc(N)c2c(c1)CCCO2.Cc1cc(N)c2c(c1I)CCCO2. The summed E-state index contributed by atoms with van der Waals surface area (Å²) in [6, 6.07) is 6.11. The molecular formula is C20H25IN2O2. The van der Waals surface area contributed by atoms with Gasteiger partial charge in [0.25, 0.3) is 0 Å². The van der Waals surface area contributed by atoms with E-state index >= 15 is 0 Å². The quantitative estimate of drug-likeness (QED) is 0.459. The number of fused-ring (bicyclic) bond motifs is 2. The Labute approximate surface area is 163 Å². The summed E-state index contributed by atoms with van der Waals surface area (Å²) in [7, 11) is 0.